The van der Waals surface area contributed by atoms with E-state index in [1.807, 2.05) is 38.1 Å². The molecular weight excluding hydrogens is 366 g/mol. The SMILES string of the molecule is C/C(=N/NC(=O)CNS(=O)(=O)c1ccccc1)c1ccc(OC(C)C)cc1. The predicted molar refractivity (Wildman–Crippen MR) is 104 cm³/mol. The topological polar surface area (TPSA) is 96.9 Å². The number of carbonyl (C=O) groups excluding carboxylic acids is 1. The molecule has 0 saturated carbocycles. The highest BCUT2D eigenvalue weighted by Gasteiger charge is 2.14. The van der Waals surface area contributed by atoms with Crippen molar-refractivity contribution in [2.75, 3.05) is 6.54 Å². The fourth-order valence-electron chi connectivity index (χ4n) is 2.14. The van der Waals surface area contributed by atoms with E-state index in [0.717, 1.165) is 11.3 Å². The summed E-state index contributed by atoms with van der Waals surface area (Å²) in [6.07, 6.45) is 0.0876. The lowest BCUT2D eigenvalue weighted by Gasteiger charge is -2.10. The van der Waals surface area contributed by atoms with Crippen LogP contribution in [0.5, 0.6) is 5.75 Å². The number of ether oxygens (including phenoxy) is 1. The van der Waals surface area contributed by atoms with Crippen LogP contribution in [-0.2, 0) is 14.8 Å². The number of nitrogens with one attached hydrogen (secondary N) is 2. The van der Waals surface area contributed by atoms with E-state index in [-0.39, 0.29) is 11.0 Å². The number of nitrogens with zero attached hydrogens (tertiary/aromatic N) is 1. The zero-order valence-electron chi connectivity index (χ0n) is 15.5. The quantitative estimate of drug-likeness (QED) is 0.535. The van der Waals surface area contributed by atoms with Crippen molar-refractivity contribution in [2.24, 2.45) is 5.10 Å². The van der Waals surface area contributed by atoms with Crippen molar-refractivity contribution < 1.29 is 17.9 Å². The fourth-order valence-corrected chi connectivity index (χ4v) is 3.14. The molecule has 2 aromatic carbocycles. The Balaban J connectivity index is 1.90. The number of hydrogen-bond acceptors (Lipinski definition) is 5. The van der Waals surface area contributed by atoms with E-state index in [0.29, 0.717) is 5.71 Å². The molecule has 0 aliphatic heterocycles. The number of sulfonamides is 1. The molecule has 2 aromatic rings. The number of carbonyl (C=O) groups is 1. The molecule has 0 aromatic heterocycles. The van der Waals surface area contributed by atoms with Crippen LogP contribution in [0.15, 0.2) is 64.6 Å². The molecule has 0 bridgehead atoms. The Hall–Kier alpha value is -2.71. The Morgan fingerprint density at radius 2 is 1.70 bits per heavy atom. The third-order valence-corrected chi connectivity index (χ3v) is 4.89. The lowest BCUT2D eigenvalue weighted by atomic mass is 10.1. The average Bonchev–Trinajstić information content (AvgIpc) is 2.65. The van der Waals surface area contributed by atoms with Gasteiger partial charge in [-0.1, -0.05) is 18.2 Å². The van der Waals surface area contributed by atoms with Crippen LogP contribution in [0.25, 0.3) is 0 Å². The molecule has 0 aliphatic carbocycles. The van der Waals surface area contributed by atoms with E-state index in [1.54, 1.807) is 25.1 Å². The molecule has 27 heavy (non-hydrogen) atoms. The van der Waals surface area contributed by atoms with Crippen molar-refractivity contribution in [1.29, 1.82) is 0 Å². The number of hydrogen-bond donors (Lipinski definition) is 2. The first kappa shape index (κ1) is 20.6. The molecular formula is C19H23N3O4S. The smallest absolute Gasteiger partial charge is 0.255 e. The lowest BCUT2D eigenvalue weighted by Crippen LogP contribution is -2.35. The van der Waals surface area contributed by atoms with E-state index in [1.165, 1.54) is 12.1 Å². The summed E-state index contributed by atoms with van der Waals surface area (Å²) in [6.45, 7) is 5.23. The van der Waals surface area contributed by atoms with Gasteiger partial charge in [-0.3, -0.25) is 4.79 Å². The predicted octanol–water partition coefficient (Wildman–Crippen LogP) is 2.29. The number of amides is 1. The Labute approximate surface area is 159 Å². The second-order valence-corrected chi connectivity index (χ2v) is 7.83. The second-order valence-electron chi connectivity index (χ2n) is 6.06. The van der Waals surface area contributed by atoms with Crippen LogP contribution in [0.3, 0.4) is 0 Å². The summed E-state index contributed by atoms with van der Waals surface area (Å²) >= 11 is 0. The molecule has 0 fully saturated rings. The molecule has 8 heteroatoms. The van der Waals surface area contributed by atoms with Crippen molar-refractivity contribution >= 4 is 21.6 Å². The van der Waals surface area contributed by atoms with Crippen molar-refractivity contribution in [3.63, 3.8) is 0 Å². The van der Waals surface area contributed by atoms with Crippen LogP contribution in [0.4, 0.5) is 0 Å². The Bertz CT molecular complexity index is 892. The minimum absolute atomic E-state index is 0.0876. The lowest BCUT2D eigenvalue weighted by molar-refractivity contribution is -0.119. The molecule has 2 rings (SSSR count). The van der Waals surface area contributed by atoms with Gasteiger partial charge in [-0.2, -0.15) is 5.10 Å². The van der Waals surface area contributed by atoms with Gasteiger partial charge in [0.1, 0.15) is 5.75 Å². The molecule has 0 saturated heterocycles. The Morgan fingerprint density at radius 3 is 2.30 bits per heavy atom. The van der Waals surface area contributed by atoms with E-state index < -0.39 is 22.5 Å². The van der Waals surface area contributed by atoms with Gasteiger partial charge in [0.05, 0.1) is 23.3 Å². The number of hydrazone groups is 1. The van der Waals surface area contributed by atoms with Crippen molar-refractivity contribution in [1.82, 2.24) is 10.1 Å². The van der Waals surface area contributed by atoms with E-state index in [2.05, 4.69) is 15.2 Å². The normalized spacial score (nSPS) is 12.1. The first-order valence-corrected chi connectivity index (χ1v) is 9.91. The molecule has 1 amide bonds. The highest BCUT2D eigenvalue weighted by atomic mass is 32.2. The van der Waals surface area contributed by atoms with Crippen molar-refractivity contribution in [3.8, 4) is 5.75 Å². The van der Waals surface area contributed by atoms with E-state index in [4.69, 9.17) is 4.74 Å². The molecule has 0 atom stereocenters. The molecule has 0 heterocycles. The van der Waals surface area contributed by atoms with E-state index in [9.17, 15) is 13.2 Å². The summed E-state index contributed by atoms with van der Waals surface area (Å²) in [5.41, 5.74) is 3.75. The minimum Gasteiger partial charge on any atom is -0.491 e. The standard InChI is InChI=1S/C19H23N3O4S/c1-14(2)26-17-11-9-16(10-12-17)15(3)21-22-19(23)13-20-27(24,25)18-7-5-4-6-8-18/h4-12,14,20H,13H2,1-3H3,(H,22,23)/b21-15-. The van der Waals surface area contributed by atoms with Crippen molar-refractivity contribution in [2.45, 2.75) is 31.8 Å². The third kappa shape index (κ3) is 6.50. The summed E-state index contributed by atoms with van der Waals surface area (Å²) in [4.78, 5) is 12.0. The molecule has 7 nitrogen and oxygen atoms in total. The molecule has 0 aliphatic rings. The van der Waals surface area contributed by atoms with Crippen LogP contribution < -0.4 is 14.9 Å². The van der Waals surface area contributed by atoms with Crippen LogP contribution in [0, 0.1) is 0 Å². The van der Waals surface area contributed by atoms with Crippen LogP contribution in [0.2, 0.25) is 0 Å². The molecule has 0 spiro atoms. The Kier molecular flexibility index (Phi) is 7.09. The van der Waals surface area contributed by atoms with Crippen molar-refractivity contribution in [3.05, 3.63) is 60.2 Å². The summed E-state index contributed by atoms with van der Waals surface area (Å²) in [6, 6.07) is 15.2. The average molecular weight is 389 g/mol. The highest BCUT2D eigenvalue weighted by molar-refractivity contribution is 7.89. The number of rotatable bonds is 8. The highest BCUT2D eigenvalue weighted by Crippen LogP contribution is 2.14. The van der Waals surface area contributed by atoms with Gasteiger partial charge in [0.15, 0.2) is 0 Å². The molecule has 0 unspecified atom stereocenters. The van der Waals surface area contributed by atoms with Crippen LogP contribution >= 0.6 is 0 Å². The van der Waals surface area contributed by atoms with Gasteiger partial charge in [0, 0.05) is 0 Å². The molecule has 0 radical (unpaired) electrons. The van der Waals surface area contributed by atoms with Gasteiger partial charge in [-0.05, 0) is 62.7 Å². The maximum absolute atomic E-state index is 12.1. The maximum Gasteiger partial charge on any atom is 0.255 e. The van der Waals surface area contributed by atoms with Crippen LogP contribution in [-0.4, -0.2) is 32.7 Å². The monoisotopic (exact) mass is 389 g/mol. The number of benzene rings is 2. The van der Waals surface area contributed by atoms with Crippen LogP contribution in [0.1, 0.15) is 26.3 Å². The van der Waals surface area contributed by atoms with Gasteiger partial charge < -0.3 is 4.74 Å². The van der Waals surface area contributed by atoms with Gasteiger partial charge in [-0.15, -0.1) is 0 Å². The second kappa shape index (κ2) is 9.29. The fraction of sp³-hybridized carbons (Fsp3) is 0.263. The molecule has 2 N–H and O–H groups in total. The van der Waals surface area contributed by atoms with Gasteiger partial charge in [0.2, 0.25) is 10.0 Å². The first-order valence-electron chi connectivity index (χ1n) is 8.43. The van der Waals surface area contributed by atoms with Gasteiger partial charge >= 0.3 is 0 Å². The minimum atomic E-state index is -3.73. The van der Waals surface area contributed by atoms with Gasteiger partial charge in [0.25, 0.3) is 5.91 Å². The summed E-state index contributed by atoms with van der Waals surface area (Å²) < 4.78 is 31.9. The largest absolute Gasteiger partial charge is 0.491 e. The third-order valence-electron chi connectivity index (χ3n) is 3.47. The zero-order valence-corrected chi connectivity index (χ0v) is 16.3. The Morgan fingerprint density at radius 1 is 1.07 bits per heavy atom. The maximum atomic E-state index is 12.1. The molecule has 144 valence electrons. The summed E-state index contributed by atoms with van der Waals surface area (Å²) in [7, 11) is -3.73. The zero-order chi connectivity index (χ0) is 19.9. The van der Waals surface area contributed by atoms with E-state index >= 15 is 0 Å². The van der Waals surface area contributed by atoms with Gasteiger partial charge in [-0.25, -0.2) is 18.6 Å². The first-order chi connectivity index (χ1) is 12.8. The summed E-state index contributed by atoms with van der Waals surface area (Å²) in [5.74, 6) is 0.189. The summed E-state index contributed by atoms with van der Waals surface area (Å²) in [5, 5.41) is 4.00.